The summed E-state index contributed by atoms with van der Waals surface area (Å²) in [6.07, 6.45) is 0. The summed E-state index contributed by atoms with van der Waals surface area (Å²) in [5, 5.41) is 2.88. The molecular formula is C19H24N2O3. The van der Waals surface area contributed by atoms with Crippen LogP contribution in [0.2, 0.25) is 0 Å². The van der Waals surface area contributed by atoms with Crippen molar-refractivity contribution >= 4 is 17.3 Å². The van der Waals surface area contributed by atoms with E-state index < -0.39 is 0 Å². The third-order valence-corrected chi connectivity index (χ3v) is 3.66. The van der Waals surface area contributed by atoms with Crippen molar-refractivity contribution in [2.75, 3.05) is 38.0 Å². The number of ether oxygens (including phenoxy) is 2. The molecule has 1 amide bonds. The molecule has 0 aliphatic carbocycles. The van der Waals surface area contributed by atoms with E-state index in [4.69, 9.17) is 9.47 Å². The first kappa shape index (κ1) is 17.7. The lowest BCUT2D eigenvalue weighted by molar-refractivity contribution is -0.114. The fourth-order valence-electron chi connectivity index (χ4n) is 2.56. The van der Waals surface area contributed by atoms with Crippen LogP contribution in [0.5, 0.6) is 11.5 Å². The maximum absolute atomic E-state index is 12.3. The van der Waals surface area contributed by atoms with Gasteiger partial charge in [0.25, 0.3) is 0 Å². The van der Waals surface area contributed by atoms with Crippen LogP contribution < -0.4 is 19.7 Å². The highest BCUT2D eigenvalue weighted by molar-refractivity contribution is 5.94. The topological polar surface area (TPSA) is 50.8 Å². The minimum atomic E-state index is -0.105. The first-order chi connectivity index (χ1) is 11.4. The Hall–Kier alpha value is -2.69. The fourth-order valence-corrected chi connectivity index (χ4v) is 2.56. The van der Waals surface area contributed by atoms with Crippen LogP contribution in [0.4, 0.5) is 11.4 Å². The summed E-state index contributed by atoms with van der Waals surface area (Å²) in [6.45, 7) is 4.35. The first-order valence-electron chi connectivity index (χ1n) is 7.73. The van der Waals surface area contributed by atoms with Gasteiger partial charge in [0.15, 0.2) is 0 Å². The van der Waals surface area contributed by atoms with Gasteiger partial charge in [-0.2, -0.15) is 0 Å². The second-order valence-electron chi connectivity index (χ2n) is 5.85. The van der Waals surface area contributed by atoms with E-state index >= 15 is 0 Å². The molecule has 0 saturated heterocycles. The molecule has 1 N–H and O–H groups in total. The third-order valence-electron chi connectivity index (χ3n) is 3.66. The summed E-state index contributed by atoms with van der Waals surface area (Å²) < 4.78 is 10.4. The molecule has 0 heterocycles. The van der Waals surface area contributed by atoms with Crippen LogP contribution in [0.3, 0.4) is 0 Å². The largest absolute Gasteiger partial charge is 0.497 e. The third kappa shape index (κ3) is 4.65. The van der Waals surface area contributed by atoms with Crippen molar-refractivity contribution in [3.8, 4) is 11.5 Å². The number of hydrogen-bond acceptors (Lipinski definition) is 4. The molecule has 24 heavy (non-hydrogen) atoms. The number of aryl methyl sites for hydroxylation is 2. The summed E-state index contributed by atoms with van der Waals surface area (Å²) in [6, 6.07) is 11.5. The Morgan fingerprint density at radius 2 is 1.50 bits per heavy atom. The van der Waals surface area contributed by atoms with Crippen LogP contribution in [-0.2, 0) is 4.79 Å². The summed E-state index contributed by atoms with van der Waals surface area (Å²) in [4.78, 5) is 14.3. The highest BCUT2D eigenvalue weighted by Gasteiger charge is 2.10. The average Bonchev–Trinajstić information content (AvgIpc) is 2.53. The maximum Gasteiger partial charge on any atom is 0.243 e. The molecule has 0 aliphatic rings. The van der Waals surface area contributed by atoms with Crippen LogP contribution in [-0.4, -0.2) is 33.7 Å². The van der Waals surface area contributed by atoms with Crippen molar-refractivity contribution in [3.05, 3.63) is 47.5 Å². The SMILES string of the molecule is COc1cc(NC(=O)CN(C)c2cc(C)cc(C)c2)cc(OC)c1. The number of carbonyl (C=O) groups is 1. The quantitative estimate of drug-likeness (QED) is 0.883. The van der Waals surface area contributed by atoms with E-state index in [0.29, 0.717) is 17.2 Å². The highest BCUT2D eigenvalue weighted by Crippen LogP contribution is 2.26. The molecule has 0 spiro atoms. The van der Waals surface area contributed by atoms with Gasteiger partial charge in [0, 0.05) is 36.6 Å². The summed E-state index contributed by atoms with van der Waals surface area (Å²) in [7, 11) is 5.06. The fraction of sp³-hybridized carbons (Fsp3) is 0.316. The number of anilines is 2. The molecule has 0 unspecified atom stereocenters. The monoisotopic (exact) mass is 328 g/mol. The number of rotatable bonds is 6. The zero-order chi connectivity index (χ0) is 17.7. The van der Waals surface area contributed by atoms with E-state index in [1.54, 1.807) is 32.4 Å². The highest BCUT2D eigenvalue weighted by atomic mass is 16.5. The molecular weight excluding hydrogens is 304 g/mol. The minimum absolute atomic E-state index is 0.105. The number of likely N-dealkylation sites (N-methyl/N-ethyl adjacent to an activating group) is 1. The van der Waals surface area contributed by atoms with Crippen LogP contribution in [0.1, 0.15) is 11.1 Å². The number of benzene rings is 2. The minimum Gasteiger partial charge on any atom is -0.497 e. The zero-order valence-corrected chi connectivity index (χ0v) is 14.8. The number of carbonyl (C=O) groups excluding carboxylic acids is 1. The van der Waals surface area contributed by atoms with Gasteiger partial charge in [0.05, 0.1) is 20.8 Å². The van der Waals surface area contributed by atoms with E-state index in [1.165, 1.54) is 11.1 Å². The molecule has 0 fully saturated rings. The number of nitrogens with zero attached hydrogens (tertiary/aromatic N) is 1. The number of nitrogens with one attached hydrogen (secondary N) is 1. The van der Waals surface area contributed by atoms with E-state index in [0.717, 1.165) is 5.69 Å². The van der Waals surface area contributed by atoms with Crippen LogP contribution in [0, 0.1) is 13.8 Å². The average molecular weight is 328 g/mol. The number of methoxy groups -OCH3 is 2. The standard InChI is InChI=1S/C19H24N2O3/c1-13-6-14(2)8-16(7-13)21(3)12-19(22)20-15-9-17(23-4)11-18(10-15)24-5/h6-11H,12H2,1-5H3,(H,20,22). The predicted molar refractivity (Wildman–Crippen MR) is 97.4 cm³/mol. The number of amides is 1. The van der Waals surface area contributed by atoms with Crippen molar-refractivity contribution in [2.45, 2.75) is 13.8 Å². The van der Waals surface area contributed by atoms with Crippen molar-refractivity contribution in [3.63, 3.8) is 0 Å². The van der Waals surface area contributed by atoms with Gasteiger partial charge in [-0.05, 0) is 37.1 Å². The maximum atomic E-state index is 12.3. The molecule has 5 nitrogen and oxygen atoms in total. The van der Waals surface area contributed by atoms with Gasteiger partial charge in [-0.3, -0.25) is 4.79 Å². The Morgan fingerprint density at radius 1 is 0.958 bits per heavy atom. The molecule has 0 radical (unpaired) electrons. The second-order valence-corrected chi connectivity index (χ2v) is 5.85. The lowest BCUT2D eigenvalue weighted by atomic mass is 10.1. The normalized spacial score (nSPS) is 10.2. The second kappa shape index (κ2) is 7.73. The van der Waals surface area contributed by atoms with E-state index in [9.17, 15) is 4.79 Å². The van der Waals surface area contributed by atoms with Crippen LogP contribution >= 0.6 is 0 Å². The van der Waals surface area contributed by atoms with E-state index in [1.807, 2.05) is 25.8 Å². The van der Waals surface area contributed by atoms with Crippen LogP contribution in [0.15, 0.2) is 36.4 Å². The van der Waals surface area contributed by atoms with Gasteiger partial charge >= 0.3 is 0 Å². The molecule has 2 aromatic rings. The predicted octanol–water partition coefficient (Wildman–Crippen LogP) is 3.40. The van der Waals surface area contributed by atoms with Gasteiger partial charge < -0.3 is 19.7 Å². The van der Waals surface area contributed by atoms with Crippen molar-refractivity contribution < 1.29 is 14.3 Å². The molecule has 2 rings (SSSR count). The molecule has 0 bridgehead atoms. The van der Waals surface area contributed by atoms with Crippen molar-refractivity contribution in [1.82, 2.24) is 0 Å². The summed E-state index contributed by atoms with van der Waals surface area (Å²) in [5.74, 6) is 1.16. The zero-order valence-electron chi connectivity index (χ0n) is 14.8. The Balaban J connectivity index is 2.07. The van der Waals surface area contributed by atoms with Gasteiger partial charge in [0.1, 0.15) is 11.5 Å². The first-order valence-corrected chi connectivity index (χ1v) is 7.73. The van der Waals surface area contributed by atoms with Gasteiger partial charge in [0.2, 0.25) is 5.91 Å². The molecule has 0 aromatic heterocycles. The van der Waals surface area contributed by atoms with Gasteiger partial charge in [-0.15, -0.1) is 0 Å². The lowest BCUT2D eigenvalue weighted by Crippen LogP contribution is -2.30. The number of hydrogen-bond donors (Lipinski definition) is 1. The van der Waals surface area contributed by atoms with Crippen LogP contribution in [0.25, 0.3) is 0 Å². The Morgan fingerprint density at radius 3 is 2.00 bits per heavy atom. The Kier molecular flexibility index (Phi) is 5.68. The van der Waals surface area contributed by atoms with E-state index in [2.05, 4.69) is 23.5 Å². The summed E-state index contributed by atoms with van der Waals surface area (Å²) in [5.41, 5.74) is 4.01. The molecule has 0 atom stereocenters. The van der Waals surface area contributed by atoms with Crippen molar-refractivity contribution in [2.24, 2.45) is 0 Å². The Labute approximate surface area is 143 Å². The van der Waals surface area contributed by atoms with Gasteiger partial charge in [-0.25, -0.2) is 0 Å². The molecule has 128 valence electrons. The van der Waals surface area contributed by atoms with Gasteiger partial charge in [-0.1, -0.05) is 6.07 Å². The van der Waals surface area contributed by atoms with Crippen molar-refractivity contribution in [1.29, 1.82) is 0 Å². The molecule has 5 heteroatoms. The molecule has 0 aliphatic heterocycles. The molecule has 0 saturated carbocycles. The summed E-state index contributed by atoms with van der Waals surface area (Å²) >= 11 is 0. The Bertz CT molecular complexity index is 686. The smallest absolute Gasteiger partial charge is 0.243 e. The lowest BCUT2D eigenvalue weighted by Gasteiger charge is -2.20. The van der Waals surface area contributed by atoms with E-state index in [-0.39, 0.29) is 12.5 Å². The molecule has 2 aromatic carbocycles.